The van der Waals surface area contributed by atoms with Crippen molar-refractivity contribution in [1.82, 2.24) is 15.1 Å². The Kier molecular flexibility index (Phi) is 4.90. The third kappa shape index (κ3) is 3.22. The number of ketones is 1. The van der Waals surface area contributed by atoms with Crippen LogP contribution in [0.3, 0.4) is 0 Å². The van der Waals surface area contributed by atoms with Crippen LogP contribution in [0, 0.1) is 0 Å². The van der Waals surface area contributed by atoms with Crippen LogP contribution in [0.1, 0.15) is 59.9 Å². The molecule has 142 valence electrons. The number of aromatic nitrogens is 3. The number of nitrogens with one attached hydrogen (secondary N) is 1. The SMILES string of the molecule is CCOC(=O)c1nnn2c1SC(C(=O)c1ccccc1)C1(CCCCC1)N2. The third-order valence-electron chi connectivity index (χ3n) is 5.20. The highest BCUT2D eigenvalue weighted by molar-refractivity contribution is 8.00. The summed E-state index contributed by atoms with van der Waals surface area (Å²) in [5.74, 6) is -0.448. The molecular formula is C19H22N4O3S. The van der Waals surface area contributed by atoms with E-state index in [1.165, 1.54) is 18.2 Å². The fourth-order valence-electron chi connectivity index (χ4n) is 3.89. The summed E-state index contributed by atoms with van der Waals surface area (Å²) in [6.07, 6.45) is 5.05. The monoisotopic (exact) mass is 386 g/mol. The number of fused-ring (bicyclic) bond motifs is 1. The molecule has 1 spiro atoms. The smallest absolute Gasteiger partial charge is 0.361 e. The second kappa shape index (κ2) is 7.34. The number of Topliss-reactive ketones (excluding diaryl/α,β-unsaturated/α-hetero) is 1. The largest absolute Gasteiger partial charge is 0.461 e. The zero-order chi connectivity index (χ0) is 18.9. The first-order valence-electron chi connectivity index (χ1n) is 9.31. The molecule has 2 aliphatic rings. The van der Waals surface area contributed by atoms with Crippen LogP contribution in [-0.2, 0) is 4.74 Å². The van der Waals surface area contributed by atoms with E-state index in [0.717, 1.165) is 25.7 Å². The van der Waals surface area contributed by atoms with Gasteiger partial charge in [-0.15, -0.1) is 5.10 Å². The summed E-state index contributed by atoms with van der Waals surface area (Å²) in [5, 5.41) is 8.30. The molecule has 27 heavy (non-hydrogen) atoms. The summed E-state index contributed by atoms with van der Waals surface area (Å²) in [6.45, 7) is 2.01. The molecule has 1 aliphatic heterocycles. The second-order valence-electron chi connectivity index (χ2n) is 6.93. The van der Waals surface area contributed by atoms with Crippen LogP contribution in [0.2, 0.25) is 0 Å². The van der Waals surface area contributed by atoms with E-state index < -0.39 is 5.97 Å². The quantitative estimate of drug-likeness (QED) is 0.638. The average molecular weight is 386 g/mol. The van der Waals surface area contributed by atoms with Crippen molar-refractivity contribution in [2.24, 2.45) is 0 Å². The Labute approximate surface area is 161 Å². The van der Waals surface area contributed by atoms with Gasteiger partial charge in [0.2, 0.25) is 5.69 Å². The first-order valence-corrected chi connectivity index (χ1v) is 10.2. The molecule has 2 heterocycles. The van der Waals surface area contributed by atoms with Crippen LogP contribution in [0.15, 0.2) is 35.4 Å². The molecule has 1 aromatic heterocycles. The predicted molar refractivity (Wildman–Crippen MR) is 102 cm³/mol. The molecule has 8 heteroatoms. The summed E-state index contributed by atoms with van der Waals surface area (Å²) in [4.78, 5) is 27.2. The predicted octanol–water partition coefficient (Wildman–Crippen LogP) is 3.06. The summed E-state index contributed by atoms with van der Waals surface area (Å²) in [7, 11) is 0. The van der Waals surface area contributed by atoms with Gasteiger partial charge in [-0.2, -0.15) is 4.79 Å². The molecule has 1 saturated carbocycles. The minimum atomic E-state index is -0.515. The van der Waals surface area contributed by atoms with Crippen LogP contribution in [0.25, 0.3) is 0 Å². The van der Waals surface area contributed by atoms with Crippen LogP contribution in [-0.4, -0.2) is 44.3 Å². The van der Waals surface area contributed by atoms with E-state index in [4.69, 9.17) is 4.74 Å². The lowest BCUT2D eigenvalue weighted by molar-refractivity contribution is 0.0514. The number of hydrogen-bond donors (Lipinski definition) is 1. The van der Waals surface area contributed by atoms with Gasteiger partial charge in [0, 0.05) is 5.56 Å². The van der Waals surface area contributed by atoms with Crippen LogP contribution in [0.4, 0.5) is 0 Å². The molecular weight excluding hydrogens is 364 g/mol. The summed E-state index contributed by atoms with van der Waals surface area (Å²) >= 11 is 1.38. The Hall–Kier alpha value is -2.35. The number of carbonyl (C=O) groups is 2. The molecule has 0 radical (unpaired) electrons. The first kappa shape index (κ1) is 18.0. The van der Waals surface area contributed by atoms with Gasteiger partial charge in [-0.05, 0) is 25.0 Å². The van der Waals surface area contributed by atoms with Gasteiger partial charge in [0.1, 0.15) is 0 Å². The number of hydrogen-bond acceptors (Lipinski definition) is 7. The van der Waals surface area contributed by atoms with E-state index in [0.29, 0.717) is 10.6 Å². The molecule has 4 rings (SSSR count). The Bertz CT molecular complexity index is 846. The maximum Gasteiger partial charge on any atom is 0.361 e. The van der Waals surface area contributed by atoms with Gasteiger partial charge >= 0.3 is 5.97 Å². The minimum Gasteiger partial charge on any atom is -0.461 e. The van der Waals surface area contributed by atoms with Crippen molar-refractivity contribution < 1.29 is 14.3 Å². The van der Waals surface area contributed by atoms with Gasteiger partial charge in [0.25, 0.3) is 0 Å². The first-order chi connectivity index (χ1) is 13.1. The highest BCUT2D eigenvalue weighted by Gasteiger charge is 2.49. The van der Waals surface area contributed by atoms with E-state index in [1.807, 2.05) is 30.3 Å². The minimum absolute atomic E-state index is 0.0669. The fraction of sp³-hybridized carbons (Fsp3) is 0.474. The third-order valence-corrected chi connectivity index (χ3v) is 6.69. The summed E-state index contributed by atoms with van der Waals surface area (Å²) in [5.41, 5.74) is 3.88. The van der Waals surface area contributed by atoms with E-state index >= 15 is 0 Å². The number of benzene rings is 1. The average Bonchev–Trinajstić information content (AvgIpc) is 3.10. The Morgan fingerprint density at radius 3 is 2.70 bits per heavy atom. The van der Waals surface area contributed by atoms with Crippen molar-refractivity contribution in [3.63, 3.8) is 0 Å². The lowest BCUT2D eigenvalue weighted by Gasteiger charge is -2.46. The number of nitrogens with zero attached hydrogens (tertiary/aromatic N) is 3. The highest BCUT2D eigenvalue weighted by atomic mass is 32.2. The molecule has 1 aliphatic carbocycles. The molecule has 1 aromatic carbocycles. The summed E-state index contributed by atoms with van der Waals surface area (Å²) in [6, 6.07) is 9.33. The maximum atomic E-state index is 13.4. The standard InChI is InChI=1S/C19H22N4O3S/c1-2-26-18(25)14-17-23(22-20-14)21-19(11-7-4-8-12-19)16(27-17)15(24)13-9-5-3-6-10-13/h3,5-6,9-10,16,21H,2,4,7-8,11-12H2,1H3. The number of thioether (sulfide) groups is 1. The molecule has 2 aromatic rings. The van der Waals surface area contributed by atoms with Crippen molar-refractivity contribution in [3.05, 3.63) is 41.6 Å². The molecule has 0 saturated heterocycles. The molecule has 0 bridgehead atoms. The second-order valence-corrected chi connectivity index (χ2v) is 8.03. The molecule has 7 nitrogen and oxygen atoms in total. The number of carbonyl (C=O) groups excluding carboxylic acids is 2. The number of rotatable bonds is 4. The van der Waals surface area contributed by atoms with Gasteiger partial charge in [-0.25, -0.2) is 4.79 Å². The molecule has 1 fully saturated rings. The van der Waals surface area contributed by atoms with E-state index in [9.17, 15) is 9.59 Å². The van der Waals surface area contributed by atoms with Gasteiger partial charge in [-0.1, -0.05) is 61.4 Å². The number of esters is 1. The molecule has 1 unspecified atom stereocenters. The normalized spacial score (nSPS) is 20.6. The lowest BCUT2D eigenvalue weighted by Crippen LogP contribution is -2.58. The van der Waals surface area contributed by atoms with Crippen LogP contribution < -0.4 is 5.43 Å². The van der Waals surface area contributed by atoms with Gasteiger partial charge in [0.05, 0.1) is 17.4 Å². The fourth-order valence-corrected chi connectivity index (χ4v) is 5.29. The van der Waals surface area contributed by atoms with Crippen molar-refractivity contribution in [2.75, 3.05) is 12.0 Å². The topological polar surface area (TPSA) is 86.1 Å². The lowest BCUT2D eigenvalue weighted by atomic mass is 9.77. The van der Waals surface area contributed by atoms with Crippen LogP contribution >= 0.6 is 11.8 Å². The molecule has 0 amide bonds. The Balaban J connectivity index is 1.73. The van der Waals surface area contributed by atoms with E-state index in [1.54, 1.807) is 11.7 Å². The Morgan fingerprint density at radius 1 is 1.26 bits per heavy atom. The van der Waals surface area contributed by atoms with Gasteiger partial charge < -0.3 is 4.74 Å². The van der Waals surface area contributed by atoms with Crippen molar-refractivity contribution >= 4 is 23.5 Å². The van der Waals surface area contributed by atoms with Crippen molar-refractivity contribution in [3.8, 4) is 0 Å². The van der Waals surface area contributed by atoms with Gasteiger partial charge in [0.15, 0.2) is 10.8 Å². The Morgan fingerprint density at radius 2 is 2.00 bits per heavy atom. The molecule has 1 N–H and O–H groups in total. The van der Waals surface area contributed by atoms with Crippen LogP contribution in [0.5, 0.6) is 0 Å². The maximum absolute atomic E-state index is 13.4. The molecule has 1 atom stereocenters. The van der Waals surface area contributed by atoms with Crippen molar-refractivity contribution in [1.29, 1.82) is 0 Å². The summed E-state index contributed by atoms with van der Waals surface area (Å²) < 4.78 is 5.09. The zero-order valence-corrected chi connectivity index (χ0v) is 16.0. The van der Waals surface area contributed by atoms with E-state index in [-0.39, 0.29) is 28.9 Å². The van der Waals surface area contributed by atoms with Gasteiger partial charge in [-0.3, -0.25) is 10.2 Å². The van der Waals surface area contributed by atoms with E-state index in [2.05, 4.69) is 15.7 Å². The van der Waals surface area contributed by atoms with Crippen molar-refractivity contribution in [2.45, 2.75) is 54.8 Å². The zero-order valence-electron chi connectivity index (χ0n) is 15.2. The highest BCUT2D eigenvalue weighted by Crippen LogP contribution is 2.45. The number of ether oxygens (including phenoxy) is 1.